The maximum absolute atomic E-state index is 11.9. The molecule has 0 radical (unpaired) electrons. The summed E-state index contributed by atoms with van der Waals surface area (Å²) in [4.78, 5) is 11.9. The number of hydrogen-bond donors (Lipinski definition) is 1. The SMILES string of the molecule is Cn1ncc2c(=O)n(CCOCCS)nnc21. The van der Waals surface area contributed by atoms with Crippen LogP contribution in [0, 0.1) is 0 Å². The second-order valence-corrected chi connectivity index (χ2v) is 3.91. The van der Waals surface area contributed by atoms with Crippen molar-refractivity contribution in [3.8, 4) is 0 Å². The third-order valence-electron chi connectivity index (χ3n) is 2.30. The van der Waals surface area contributed by atoms with Gasteiger partial charge in [0.25, 0.3) is 5.56 Å². The van der Waals surface area contributed by atoms with Crippen LogP contribution in [0.1, 0.15) is 0 Å². The van der Waals surface area contributed by atoms with Crippen molar-refractivity contribution in [3.05, 3.63) is 16.6 Å². The average Bonchev–Trinajstić information content (AvgIpc) is 2.70. The highest BCUT2D eigenvalue weighted by Crippen LogP contribution is 2.01. The number of thiol groups is 1. The molecule has 8 heteroatoms. The summed E-state index contributed by atoms with van der Waals surface area (Å²) < 4.78 is 8.03. The molecule has 0 spiro atoms. The molecule has 92 valence electrons. The van der Waals surface area contributed by atoms with Gasteiger partial charge < -0.3 is 4.74 Å². The molecule has 2 aromatic heterocycles. The average molecular weight is 255 g/mol. The predicted octanol–water partition coefficient (Wildman–Crippen LogP) is -0.529. The predicted molar refractivity (Wildman–Crippen MR) is 65.2 cm³/mol. The number of aryl methyl sites for hydroxylation is 1. The van der Waals surface area contributed by atoms with Crippen molar-refractivity contribution < 1.29 is 4.74 Å². The van der Waals surface area contributed by atoms with Crippen molar-refractivity contribution in [1.82, 2.24) is 24.8 Å². The lowest BCUT2D eigenvalue weighted by Crippen LogP contribution is -2.26. The Bertz CT molecular complexity index is 564. The third-order valence-corrected chi connectivity index (χ3v) is 2.49. The van der Waals surface area contributed by atoms with Gasteiger partial charge >= 0.3 is 0 Å². The highest BCUT2D eigenvalue weighted by Gasteiger charge is 2.08. The fraction of sp³-hybridized carbons (Fsp3) is 0.556. The molecule has 17 heavy (non-hydrogen) atoms. The van der Waals surface area contributed by atoms with Gasteiger partial charge in [0.15, 0.2) is 5.65 Å². The van der Waals surface area contributed by atoms with Gasteiger partial charge in [-0.15, -0.1) is 5.10 Å². The molecule has 0 unspecified atom stereocenters. The molecular formula is C9H13N5O2S. The second-order valence-electron chi connectivity index (χ2n) is 3.46. The molecule has 0 saturated carbocycles. The Kier molecular flexibility index (Phi) is 3.75. The van der Waals surface area contributed by atoms with Crippen LogP contribution in [0.3, 0.4) is 0 Å². The first-order valence-corrected chi connectivity index (χ1v) is 5.81. The van der Waals surface area contributed by atoms with Crippen LogP contribution in [0.25, 0.3) is 11.0 Å². The molecule has 7 nitrogen and oxygen atoms in total. The zero-order chi connectivity index (χ0) is 12.3. The molecule has 0 fully saturated rings. The molecule has 2 aromatic rings. The van der Waals surface area contributed by atoms with Crippen LogP contribution in [0.4, 0.5) is 0 Å². The summed E-state index contributed by atoms with van der Waals surface area (Å²) in [7, 11) is 1.72. The maximum Gasteiger partial charge on any atom is 0.280 e. The number of fused-ring (bicyclic) bond motifs is 1. The summed E-state index contributed by atoms with van der Waals surface area (Å²) in [5.74, 6) is 0.655. The summed E-state index contributed by atoms with van der Waals surface area (Å²) in [6.07, 6.45) is 1.50. The van der Waals surface area contributed by atoms with E-state index in [2.05, 4.69) is 28.0 Å². The van der Waals surface area contributed by atoms with Gasteiger partial charge in [0.05, 0.1) is 26.0 Å². The summed E-state index contributed by atoms with van der Waals surface area (Å²) in [6.45, 7) is 1.35. The van der Waals surface area contributed by atoms with E-state index in [0.29, 0.717) is 36.5 Å². The molecular weight excluding hydrogens is 242 g/mol. The molecule has 0 aromatic carbocycles. The number of aromatic nitrogens is 5. The van der Waals surface area contributed by atoms with E-state index in [1.807, 2.05) is 0 Å². The topological polar surface area (TPSA) is 74.8 Å². The molecule has 0 aliphatic heterocycles. The van der Waals surface area contributed by atoms with Gasteiger partial charge in [0.1, 0.15) is 5.39 Å². The molecule has 2 heterocycles. The Hall–Kier alpha value is -1.41. The third kappa shape index (κ3) is 2.47. The van der Waals surface area contributed by atoms with Gasteiger partial charge in [-0.05, 0) is 0 Å². The molecule has 0 saturated heterocycles. The normalized spacial score (nSPS) is 11.2. The van der Waals surface area contributed by atoms with Crippen molar-refractivity contribution >= 4 is 23.7 Å². The first kappa shape index (κ1) is 12.1. The first-order valence-electron chi connectivity index (χ1n) is 5.18. The van der Waals surface area contributed by atoms with Gasteiger partial charge in [-0.2, -0.15) is 17.7 Å². The van der Waals surface area contributed by atoms with Crippen LogP contribution >= 0.6 is 12.6 Å². The number of rotatable bonds is 5. The molecule has 2 rings (SSSR count). The minimum Gasteiger partial charge on any atom is -0.379 e. The second kappa shape index (κ2) is 5.28. The minimum atomic E-state index is -0.197. The van der Waals surface area contributed by atoms with Crippen LogP contribution in [0.2, 0.25) is 0 Å². The maximum atomic E-state index is 11.9. The molecule has 0 bridgehead atoms. The van der Waals surface area contributed by atoms with Crippen LogP contribution in [-0.2, 0) is 18.3 Å². The fourth-order valence-electron chi connectivity index (χ4n) is 1.44. The van der Waals surface area contributed by atoms with E-state index < -0.39 is 0 Å². The van der Waals surface area contributed by atoms with Crippen LogP contribution in [0.15, 0.2) is 11.0 Å². The van der Waals surface area contributed by atoms with Gasteiger partial charge in [0, 0.05) is 12.8 Å². The quantitative estimate of drug-likeness (QED) is 0.574. The van der Waals surface area contributed by atoms with E-state index in [1.54, 1.807) is 7.05 Å². The van der Waals surface area contributed by atoms with Gasteiger partial charge in [-0.3, -0.25) is 4.79 Å². The summed E-state index contributed by atoms with van der Waals surface area (Å²) in [5.41, 5.74) is 0.292. The fourth-order valence-corrected chi connectivity index (χ4v) is 1.57. The Morgan fingerprint density at radius 1 is 1.47 bits per heavy atom. The highest BCUT2D eigenvalue weighted by molar-refractivity contribution is 7.80. The lowest BCUT2D eigenvalue weighted by Gasteiger charge is -2.03. The zero-order valence-electron chi connectivity index (χ0n) is 9.41. The van der Waals surface area contributed by atoms with Crippen molar-refractivity contribution in [1.29, 1.82) is 0 Å². The van der Waals surface area contributed by atoms with E-state index in [4.69, 9.17) is 4.74 Å². The summed E-state index contributed by atoms with van der Waals surface area (Å²) in [5, 5.41) is 12.2. The lowest BCUT2D eigenvalue weighted by atomic mass is 10.4. The number of nitrogens with zero attached hydrogens (tertiary/aromatic N) is 5. The van der Waals surface area contributed by atoms with Gasteiger partial charge in [-0.25, -0.2) is 9.36 Å². The Morgan fingerprint density at radius 2 is 2.29 bits per heavy atom. The highest BCUT2D eigenvalue weighted by atomic mass is 32.1. The molecule has 0 amide bonds. The largest absolute Gasteiger partial charge is 0.379 e. The Balaban J connectivity index is 2.18. The molecule has 0 aliphatic rings. The standard InChI is InChI=1S/C9H13N5O2S/c1-13-8-7(6-10-13)9(15)14(12-11-8)2-3-16-4-5-17/h6,17H,2-5H2,1H3. The molecule has 0 N–H and O–H groups in total. The van der Waals surface area contributed by atoms with Crippen molar-refractivity contribution in [3.63, 3.8) is 0 Å². The molecule has 0 aliphatic carbocycles. The molecule has 0 atom stereocenters. The van der Waals surface area contributed by atoms with Gasteiger partial charge in [0.2, 0.25) is 0 Å². The lowest BCUT2D eigenvalue weighted by molar-refractivity contribution is 0.137. The van der Waals surface area contributed by atoms with Crippen molar-refractivity contribution in [2.24, 2.45) is 7.05 Å². The first-order chi connectivity index (χ1) is 8.24. The summed E-state index contributed by atoms with van der Waals surface area (Å²) >= 11 is 4.02. The Morgan fingerprint density at radius 3 is 3.06 bits per heavy atom. The number of ether oxygens (including phenoxy) is 1. The van der Waals surface area contributed by atoms with E-state index >= 15 is 0 Å². The van der Waals surface area contributed by atoms with Crippen molar-refractivity contribution in [2.75, 3.05) is 19.0 Å². The van der Waals surface area contributed by atoms with E-state index in [1.165, 1.54) is 15.6 Å². The zero-order valence-corrected chi connectivity index (χ0v) is 10.3. The number of hydrogen-bond acceptors (Lipinski definition) is 6. The van der Waals surface area contributed by atoms with E-state index in [0.717, 1.165) is 0 Å². The smallest absolute Gasteiger partial charge is 0.280 e. The van der Waals surface area contributed by atoms with E-state index in [-0.39, 0.29) is 5.56 Å². The van der Waals surface area contributed by atoms with Crippen LogP contribution in [0.5, 0.6) is 0 Å². The van der Waals surface area contributed by atoms with Crippen LogP contribution in [-0.4, -0.2) is 43.7 Å². The summed E-state index contributed by atoms with van der Waals surface area (Å²) in [6, 6.07) is 0. The Labute approximate surface area is 103 Å². The van der Waals surface area contributed by atoms with Crippen molar-refractivity contribution in [2.45, 2.75) is 6.54 Å². The monoisotopic (exact) mass is 255 g/mol. The van der Waals surface area contributed by atoms with E-state index in [9.17, 15) is 4.79 Å². The van der Waals surface area contributed by atoms with Crippen LogP contribution < -0.4 is 5.56 Å². The van der Waals surface area contributed by atoms with Gasteiger partial charge in [-0.1, -0.05) is 5.21 Å². The minimum absolute atomic E-state index is 0.197.